The lowest BCUT2D eigenvalue weighted by Gasteiger charge is -2.05. The average molecular weight is 310 g/mol. The van der Waals surface area contributed by atoms with Gasteiger partial charge < -0.3 is 11.1 Å². The van der Waals surface area contributed by atoms with E-state index in [9.17, 15) is 4.79 Å². The molecule has 2 aromatic heterocycles. The van der Waals surface area contributed by atoms with Crippen molar-refractivity contribution in [3.05, 3.63) is 16.8 Å². The number of thioether (sulfide) groups is 1. The molecule has 0 atom stereocenters. The maximum absolute atomic E-state index is 11.7. The van der Waals surface area contributed by atoms with E-state index in [1.54, 1.807) is 17.7 Å². The van der Waals surface area contributed by atoms with Gasteiger partial charge in [-0.2, -0.15) is 0 Å². The molecule has 20 heavy (non-hydrogen) atoms. The number of rotatable bonds is 6. The average Bonchev–Trinajstić information content (AvgIpc) is 2.73. The normalized spacial score (nSPS) is 10.9. The first-order valence-electron chi connectivity index (χ1n) is 6.43. The molecule has 0 aliphatic rings. The summed E-state index contributed by atoms with van der Waals surface area (Å²) in [5.41, 5.74) is 6.59. The van der Waals surface area contributed by atoms with Gasteiger partial charge in [0.15, 0.2) is 0 Å². The van der Waals surface area contributed by atoms with Crippen LogP contribution in [-0.4, -0.2) is 34.7 Å². The van der Waals surface area contributed by atoms with Crippen LogP contribution in [0.5, 0.6) is 0 Å². The molecule has 0 radical (unpaired) electrons. The fourth-order valence-electron chi connectivity index (χ4n) is 1.77. The van der Waals surface area contributed by atoms with Crippen LogP contribution in [0.1, 0.15) is 16.9 Å². The highest BCUT2D eigenvalue weighted by Crippen LogP contribution is 2.34. The number of fused-ring (bicyclic) bond motifs is 1. The van der Waals surface area contributed by atoms with Gasteiger partial charge in [-0.25, -0.2) is 9.97 Å². The van der Waals surface area contributed by atoms with E-state index in [1.165, 1.54) is 22.2 Å². The van der Waals surface area contributed by atoms with Crippen molar-refractivity contribution in [3.8, 4) is 0 Å². The summed E-state index contributed by atoms with van der Waals surface area (Å²) in [4.78, 5) is 22.5. The van der Waals surface area contributed by atoms with Gasteiger partial charge in [-0.3, -0.25) is 4.79 Å². The number of aryl methyl sites for hydroxylation is 2. The van der Waals surface area contributed by atoms with E-state index >= 15 is 0 Å². The lowest BCUT2D eigenvalue weighted by Crippen LogP contribution is -2.27. The minimum Gasteiger partial charge on any atom is -0.355 e. The molecular weight excluding hydrogens is 292 g/mol. The molecule has 0 fully saturated rings. The van der Waals surface area contributed by atoms with E-state index in [2.05, 4.69) is 29.1 Å². The van der Waals surface area contributed by atoms with Crippen LogP contribution in [0.3, 0.4) is 0 Å². The molecular formula is C13H18N4OS2. The van der Waals surface area contributed by atoms with Crippen molar-refractivity contribution in [2.24, 2.45) is 5.73 Å². The molecule has 2 aromatic rings. The predicted molar refractivity (Wildman–Crippen MR) is 84.3 cm³/mol. The molecule has 1 amide bonds. The lowest BCUT2D eigenvalue weighted by molar-refractivity contribution is -0.118. The molecule has 0 aromatic carbocycles. The predicted octanol–water partition coefficient (Wildman–Crippen LogP) is 1.87. The van der Waals surface area contributed by atoms with E-state index in [1.807, 2.05) is 0 Å². The van der Waals surface area contributed by atoms with Gasteiger partial charge >= 0.3 is 0 Å². The summed E-state index contributed by atoms with van der Waals surface area (Å²) in [5.74, 6) is 0.380. The Morgan fingerprint density at radius 1 is 1.45 bits per heavy atom. The van der Waals surface area contributed by atoms with Crippen LogP contribution in [0.4, 0.5) is 0 Å². The van der Waals surface area contributed by atoms with Gasteiger partial charge in [0.05, 0.1) is 5.75 Å². The van der Waals surface area contributed by atoms with Crippen LogP contribution < -0.4 is 11.1 Å². The van der Waals surface area contributed by atoms with Gasteiger partial charge in [0.25, 0.3) is 0 Å². The molecule has 0 aliphatic carbocycles. The van der Waals surface area contributed by atoms with Crippen molar-refractivity contribution < 1.29 is 4.79 Å². The third kappa shape index (κ3) is 3.47. The van der Waals surface area contributed by atoms with E-state index < -0.39 is 0 Å². The summed E-state index contributed by atoms with van der Waals surface area (Å²) in [6.07, 6.45) is 2.36. The van der Waals surface area contributed by atoms with Crippen molar-refractivity contribution in [3.63, 3.8) is 0 Å². The number of carbonyl (C=O) groups excluding carboxylic acids is 1. The van der Waals surface area contributed by atoms with Gasteiger partial charge in [-0.15, -0.1) is 11.3 Å². The van der Waals surface area contributed by atoms with Crippen LogP contribution in [-0.2, 0) is 4.79 Å². The summed E-state index contributed by atoms with van der Waals surface area (Å²) in [5, 5.41) is 4.80. The quantitative estimate of drug-likeness (QED) is 0.483. The molecule has 2 rings (SSSR count). The molecule has 0 bridgehead atoms. The standard InChI is InChI=1S/C13H18N4OS2/c1-8-9(2)20-13-11(8)12(16-7-17-13)19-6-10(18)15-5-3-4-14/h7H,3-6,14H2,1-2H3,(H,15,18). The number of nitrogens with one attached hydrogen (secondary N) is 1. The number of nitrogens with zero attached hydrogens (tertiary/aromatic N) is 2. The zero-order chi connectivity index (χ0) is 14.5. The highest BCUT2D eigenvalue weighted by Gasteiger charge is 2.13. The second kappa shape index (κ2) is 7.01. The van der Waals surface area contributed by atoms with Crippen molar-refractivity contribution in [1.29, 1.82) is 0 Å². The van der Waals surface area contributed by atoms with Gasteiger partial charge in [0.2, 0.25) is 5.91 Å². The number of nitrogens with two attached hydrogens (primary N) is 1. The molecule has 0 saturated heterocycles. The molecule has 0 unspecified atom stereocenters. The van der Waals surface area contributed by atoms with Crippen molar-refractivity contribution >= 4 is 39.2 Å². The summed E-state index contributed by atoms with van der Waals surface area (Å²) in [6, 6.07) is 0. The maximum Gasteiger partial charge on any atom is 0.230 e. The van der Waals surface area contributed by atoms with Crippen LogP contribution in [0.25, 0.3) is 10.2 Å². The summed E-state index contributed by atoms with van der Waals surface area (Å²) >= 11 is 3.12. The zero-order valence-corrected chi connectivity index (χ0v) is 13.2. The Balaban J connectivity index is 2.05. The number of amides is 1. The Morgan fingerprint density at radius 3 is 3.00 bits per heavy atom. The monoisotopic (exact) mass is 310 g/mol. The fraction of sp³-hybridized carbons (Fsp3) is 0.462. The van der Waals surface area contributed by atoms with Crippen molar-refractivity contribution in [2.75, 3.05) is 18.8 Å². The fourth-order valence-corrected chi connectivity index (χ4v) is 3.72. The highest BCUT2D eigenvalue weighted by molar-refractivity contribution is 8.00. The molecule has 108 valence electrons. The molecule has 0 aliphatic heterocycles. The second-order valence-electron chi connectivity index (χ2n) is 4.42. The Bertz CT molecular complexity index is 612. The summed E-state index contributed by atoms with van der Waals surface area (Å²) in [7, 11) is 0. The van der Waals surface area contributed by atoms with Gasteiger partial charge in [-0.1, -0.05) is 11.8 Å². The van der Waals surface area contributed by atoms with Crippen LogP contribution in [0, 0.1) is 13.8 Å². The number of aromatic nitrogens is 2. The lowest BCUT2D eigenvalue weighted by atomic mass is 10.2. The van der Waals surface area contributed by atoms with Crippen LogP contribution >= 0.6 is 23.1 Å². The SMILES string of the molecule is Cc1sc2ncnc(SCC(=O)NCCCN)c2c1C. The van der Waals surface area contributed by atoms with E-state index in [-0.39, 0.29) is 5.91 Å². The van der Waals surface area contributed by atoms with Crippen molar-refractivity contribution in [1.82, 2.24) is 15.3 Å². The number of hydrogen-bond donors (Lipinski definition) is 2. The summed E-state index contributed by atoms with van der Waals surface area (Å²) in [6.45, 7) is 5.37. The molecule has 0 spiro atoms. The Hall–Kier alpha value is -1.18. The van der Waals surface area contributed by atoms with Gasteiger partial charge in [0.1, 0.15) is 16.2 Å². The molecule has 7 heteroatoms. The van der Waals surface area contributed by atoms with E-state index in [0.29, 0.717) is 18.8 Å². The van der Waals surface area contributed by atoms with Crippen molar-refractivity contribution in [2.45, 2.75) is 25.3 Å². The largest absolute Gasteiger partial charge is 0.355 e. The first kappa shape index (κ1) is 15.2. The van der Waals surface area contributed by atoms with E-state index in [0.717, 1.165) is 21.7 Å². The smallest absolute Gasteiger partial charge is 0.230 e. The molecule has 3 N–H and O–H groups in total. The first-order valence-corrected chi connectivity index (χ1v) is 8.24. The van der Waals surface area contributed by atoms with Crippen LogP contribution in [0.2, 0.25) is 0 Å². The van der Waals surface area contributed by atoms with Gasteiger partial charge in [-0.05, 0) is 32.4 Å². The summed E-state index contributed by atoms with van der Waals surface area (Å²) < 4.78 is 0. The first-order chi connectivity index (χ1) is 9.63. The number of carbonyl (C=O) groups is 1. The Morgan fingerprint density at radius 2 is 2.25 bits per heavy atom. The topological polar surface area (TPSA) is 80.9 Å². The highest BCUT2D eigenvalue weighted by atomic mass is 32.2. The van der Waals surface area contributed by atoms with E-state index in [4.69, 9.17) is 5.73 Å². The Labute approximate surface area is 126 Å². The third-order valence-corrected chi connectivity index (χ3v) is 5.08. The molecule has 5 nitrogen and oxygen atoms in total. The van der Waals surface area contributed by atoms with Crippen LogP contribution in [0.15, 0.2) is 11.4 Å². The molecule has 0 saturated carbocycles. The number of thiophene rings is 1. The molecule has 2 heterocycles. The third-order valence-electron chi connectivity index (χ3n) is 2.97. The minimum absolute atomic E-state index is 0.0137. The second-order valence-corrected chi connectivity index (χ2v) is 6.59. The number of hydrogen-bond acceptors (Lipinski definition) is 6. The maximum atomic E-state index is 11.7. The Kier molecular flexibility index (Phi) is 5.33. The van der Waals surface area contributed by atoms with Gasteiger partial charge in [0, 0.05) is 16.8 Å². The zero-order valence-electron chi connectivity index (χ0n) is 11.6. The minimum atomic E-state index is 0.0137.